The number of fused-ring (bicyclic) bond motifs is 1. The number of carbonyl (C=O) groups is 1. The molecule has 186 valence electrons. The average Bonchev–Trinajstić information content (AvgIpc) is 3.32. The highest BCUT2D eigenvalue weighted by atomic mass is 35.5. The lowest BCUT2D eigenvalue weighted by Crippen LogP contribution is -2.45. The van der Waals surface area contributed by atoms with Crippen LogP contribution in [-0.2, 0) is 15.6 Å². The summed E-state index contributed by atoms with van der Waals surface area (Å²) in [7, 11) is -4.11. The number of rotatable bonds is 5. The molecule has 1 aliphatic rings. The Bertz CT molecular complexity index is 1550. The topological polar surface area (TPSA) is 99.6 Å². The van der Waals surface area contributed by atoms with Crippen molar-refractivity contribution in [1.82, 2.24) is 9.88 Å². The lowest BCUT2D eigenvalue weighted by molar-refractivity contribution is -0.0210. The Morgan fingerprint density at radius 3 is 2.50 bits per heavy atom. The molecule has 2 heterocycles. The molecule has 0 radical (unpaired) electrons. The van der Waals surface area contributed by atoms with E-state index in [-0.39, 0.29) is 22.0 Å². The van der Waals surface area contributed by atoms with Crippen LogP contribution in [0.25, 0.3) is 10.2 Å². The lowest BCUT2D eigenvalue weighted by Gasteiger charge is -2.39. The molecule has 0 atom stereocenters. The van der Waals surface area contributed by atoms with E-state index in [4.69, 9.17) is 11.6 Å². The zero-order chi connectivity index (χ0) is 25.5. The number of nitrogens with zero attached hydrogens (tertiary/aromatic N) is 2. The van der Waals surface area contributed by atoms with Crippen LogP contribution in [-0.4, -0.2) is 42.4 Å². The van der Waals surface area contributed by atoms with E-state index >= 15 is 0 Å². The molecular weight excluding hydrogens is 525 g/mol. The van der Waals surface area contributed by atoms with E-state index in [1.807, 2.05) is 6.07 Å². The van der Waals surface area contributed by atoms with E-state index in [0.717, 1.165) is 17.4 Å². The number of nitrogens with one attached hydrogen (secondary N) is 1. The van der Waals surface area contributed by atoms with Crippen molar-refractivity contribution in [2.24, 2.45) is 0 Å². The molecule has 0 unspecified atom stereocenters. The van der Waals surface area contributed by atoms with Crippen molar-refractivity contribution >= 4 is 54.8 Å². The molecule has 4 aromatic rings. The Morgan fingerprint density at radius 2 is 1.81 bits per heavy atom. The van der Waals surface area contributed by atoms with Crippen molar-refractivity contribution in [2.75, 3.05) is 17.8 Å². The Hall–Kier alpha value is -3.05. The molecule has 0 saturated carbocycles. The maximum Gasteiger partial charge on any atom is 0.264 e. The Labute approximate surface area is 216 Å². The van der Waals surface area contributed by atoms with Gasteiger partial charge in [-0.25, -0.2) is 17.8 Å². The first kappa shape index (κ1) is 24.6. The van der Waals surface area contributed by atoms with E-state index in [1.165, 1.54) is 35.8 Å². The molecule has 3 aromatic carbocycles. The van der Waals surface area contributed by atoms with Crippen LogP contribution in [0.5, 0.6) is 0 Å². The van der Waals surface area contributed by atoms with E-state index in [1.54, 1.807) is 23.1 Å². The third-order valence-electron chi connectivity index (χ3n) is 6.29. The second-order valence-corrected chi connectivity index (χ2v) is 11.5. The molecule has 1 fully saturated rings. The van der Waals surface area contributed by atoms with Crippen LogP contribution in [0.3, 0.4) is 0 Å². The summed E-state index contributed by atoms with van der Waals surface area (Å²) in [6, 6.07) is 15.3. The summed E-state index contributed by atoms with van der Waals surface area (Å²) in [6.45, 7) is 0.691. The number of anilines is 1. The Balaban J connectivity index is 1.28. The maximum absolute atomic E-state index is 13.9. The first-order chi connectivity index (χ1) is 17.2. The van der Waals surface area contributed by atoms with Gasteiger partial charge in [0.05, 0.1) is 15.8 Å². The highest BCUT2D eigenvalue weighted by Gasteiger charge is 2.37. The van der Waals surface area contributed by atoms with E-state index in [0.29, 0.717) is 46.8 Å². The molecule has 1 aromatic heterocycles. The van der Waals surface area contributed by atoms with Crippen molar-refractivity contribution in [3.63, 3.8) is 0 Å². The SMILES string of the molecule is O=C(c1ccc(NS(=O)(=O)c2cc(F)cc3scnc23)cc1)N1CCC(O)(c2ccccc2Cl)CC1. The van der Waals surface area contributed by atoms with Crippen LogP contribution < -0.4 is 4.72 Å². The fraction of sp³-hybridized carbons (Fsp3) is 0.200. The van der Waals surface area contributed by atoms with Crippen molar-refractivity contribution in [2.45, 2.75) is 23.3 Å². The van der Waals surface area contributed by atoms with E-state index in [9.17, 15) is 22.7 Å². The zero-order valence-electron chi connectivity index (χ0n) is 18.8. The summed E-state index contributed by atoms with van der Waals surface area (Å²) >= 11 is 7.41. The number of carbonyl (C=O) groups excluding carboxylic acids is 1. The summed E-state index contributed by atoms with van der Waals surface area (Å²) in [5.74, 6) is -0.893. The van der Waals surface area contributed by atoms with Gasteiger partial charge in [-0.05, 0) is 55.3 Å². The first-order valence-electron chi connectivity index (χ1n) is 11.1. The normalized spacial score (nSPS) is 15.7. The molecule has 2 N–H and O–H groups in total. The van der Waals surface area contributed by atoms with Crippen molar-refractivity contribution in [3.8, 4) is 0 Å². The Morgan fingerprint density at radius 1 is 1.11 bits per heavy atom. The molecule has 1 aliphatic heterocycles. The van der Waals surface area contributed by atoms with Crippen LogP contribution in [0.15, 0.2) is 71.1 Å². The van der Waals surface area contributed by atoms with Crippen LogP contribution in [0.4, 0.5) is 10.1 Å². The monoisotopic (exact) mass is 545 g/mol. The molecule has 0 spiro atoms. The number of likely N-dealkylation sites (tertiary alicyclic amines) is 1. The minimum absolute atomic E-state index is 0.197. The smallest absolute Gasteiger partial charge is 0.264 e. The fourth-order valence-corrected chi connectivity index (χ4v) is 6.71. The number of hydrogen-bond donors (Lipinski definition) is 2. The van der Waals surface area contributed by atoms with E-state index in [2.05, 4.69) is 9.71 Å². The second kappa shape index (κ2) is 9.44. The molecule has 5 rings (SSSR count). The van der Waals surface area contributed by atoms with Crippen LogP contribution >= 0.6 is 22.9 Å². The number of aliphatic hydroxyl groups is 1. The van der Waals surface area contributed by atoms with Crippen LogP contribution in [0.1, 0.15) is 28.8 Å². The molecule has 1 amide bonds. The molecular formula is C25H21ClFN3O4S2. The number of amides is 1. The largest absolute Gasteiger partial charge is 0.385 e. The molecule has 7 nitrogen and oxygen atoms in total. The van der Waals surface area contributed by atoms with Crippen LogP contribution in [0, 0.1) is 5.82 Å². The highest BCUT2D eigenvalue weighted by Crippen LogP contribution is 2.37. The third-order valence-corrected chi connectivity index (χ3v) is 8.79. The summed E-state index contributed by atoms with van der Waals surface area (Å²) < 4.78 is 42.6. The summed E-state index contributed by atoms with van der Waals surface area (Å²) in [4.78, 5) is 18.5. The quantitative estimate of drug-likeness (QED) is 0.367. The summed E-state index contributed by atoms with van der Waals surface area (Å²) in [5.41, 5.74) is 1.82. The highest BCUT2D eigenvalue weighted by molar-refractivity contribution is 7.93. The number of aromatic nitrogens is 1. The second-order valence-electron chi connectivity index (χ2n) is 8.59. The van der Waals surface area contributed by atoms with Gasteiger partial charge in [0.15, 0.2) is 0 Å². The van der Waals surface area contributed by atoms with Gasteiger partial charge < -0.3 is 10.0 Å². The summed E-state index contributed by atoms with van der Waals surface area (Å²) in [6.07, 6.45) is 0.693. The van der Waals surface area contributed by atoms with Gasteiger partial charge in [0, 0.05) is 34.9 Å². The third kappa shape index (κ3) is 4.69. The zero-order valence-corrected chi connectivity index (χ0v) is 21.2. The minimum Gasteiger partial charge on any atom is -0.385 e. The van der Waals surface area contributed by atoms with Crippen LogP contribution in [0.2, 0.25) is 5.02 Å². The average molecular weight is 546 g/mol. The van der Waals surface area contributed by atoms with E-state index < -0.39 is 21.4 Å². The van der Waals surface area contributed by atoms with Crippen molar-refractivity contribution < 1.29 is 22.7 Å². The van der Waals surface area contributed by atoms with Gasteiger partial charge in [-0.3, -0.25) is 9.52 Å². The predicted octanol–water partition coefficient (Wildman–Crippen LogP) is 5.01. The number of sulfonamides is 1. The number of hydrogen-bond acceptors (Lipinski definition) is 6. The van der Waals surface area contributed by atoms with Gasteiger partial charge >= 0.3 is 0 Å². The molecule has 11 heteroatoms. The lowest BCUT2D eigenvalue weighted by atomic mass is 9.84. The standard InChI is InChI=1S/C25H21ClFN3O4S2/c26-20-4-2-1-3-19(20)25(32)9-11-30(12-10-25)24(31)16-5-7-18(8-6-16)29-36(33,34)22-14-17(27)13-21-23(22)28-15-35-21/h1-8,13-15,29,32H,9-12H2. The molecule has 0 aliphatic carbocycles. The molecule has 0 bridgehead atoms. The van der Waals surface area contributed by atoms with Gasteiger partial charge in [-0.2, -0.15) is 0 Å². The minimum atomic E-state index is -4.11. The fourth-order valence-electron chi connectivity index (χ4n) is 4.37. The Kier molecular flexibility index (Phi) is 6.46. The summed E-state index contributed by atoms with van der Waals surface area (Å²) in [5, 5.41) is 11.6. The van der Waals surface area contributed by atoms with Crippen molar-refractivity contribution in [3.05, 3.63) is 88.1 Å². The predicted molar refractivity (Wildman–Crippen MR) is 137 cm³/mol. The van der Waals surface area contributed by atoms with Gasteiger partial charge in [-0.15, -0.1) is 11.3 Å². The van der Waals surface area contributed by atoms with Gasteiger partial charge in [0.25, 0.3) is 15.9 Å². The number of halogens is 2. The number of thiazole rings is 1. The molecule has 1 saturated heterocycles. The van der Waals surface area contributed by atoms with Gasteiger partial charge in [-0.1, -0.05) is 29.8 Å². The van der Waals surface area contributed by atoms with Gasteiger partial charge in [0.1, 0.15) is 16.2 Å². The number of benzene rings is 3. The molecule has 36 heavy (non-hydrogen) atoms. The van der Waals surface area contributed by atoms with Gasteiger partial charge in [0.2, 0.25) is 0 Å². The van der Waals surface area contributed by atoms with Crippen molar-refractivity contribution in [1.29, 1.82) is 0 Å². The first-order valence-corrected chi connectivity index (χ1v) is 13.8. The number of piperidine rings is 1. The maximum atomic E-state index is 13.9.